The predicted molar refractivity (Wildman–Crippen MR) is 83.2 cm³/mol. The van der Waals surface area contributed by atoms with Crippen molar-refractivity contribution in [3.63, 3.8) is 0 Å². The number of benzene rings is 2. The van der Waals surface area contributed by atoms with Gasteiger partial charge in [0.05, 0.1) is 6.61 Å². The second-order valence-corrected chi connectivity index (χ2v) is 5.79. The summed E-state index contributed by atoms with van der Waals surface area (Å²) in [6, 6.07) is 16.6. The second-order valence-electron chi connectivity index (χ2n) is 5.39. The lowest BCUT2D eigenvalue weighted by atomic mass is 9.76. The highest BCUT2D eigenvalue weighted by molar-refractivity contribution is 6.31. The number of nitrogens with one attached hydrogen (secondary N) is 1. The summed E-state index contributed by atoms with van der Waals surface area (Å²) >= 11 is 6.23. The van der Waals surface area contributed by atoms with Crippen molar-refractivity contribution in [1.29, 1.82) is 0 Å². The maximum absolute atomic E-state index is 9.02. The number of rotatable bonds is 4. The quantitative estimate of drug-likeness (QED) is 0.884. The van der Waals surface area contributed by atoms with Crippen LogP contribution in [0.3, 0.4) is 0 Å². The molecule has 1 aliphatic rings. The highest BCUT2D eigenvalue weighted by Gasteiger charge is 2.31. The molecule has 2 aromatic rings. The molecule has 2 nitrogen and oxygen atoms in total. The molecule has 3 heteroatoms. The zero-order valence-electron chi connectivity index (χ0n) is 11.2. The normalized spacial score (nSPS) is 21.3. The summed E-state index contributed by atoms with van der Waals surface area (Å²) in [5, 5.41) is 13.4. The molecule has 0 heterocycles. The van der Waals surface area contributed by atoms with Crippen LogP contribution >= 0.6 is 11.6 Å². The van der Waals surface area contributed by atoms with E-state index in [1.165, 1.54) is 5.56 Å². The lowest BCUT2D eigenvalue weighted by Crippen LogP contribution is -2.34. The third-order valence-corrected chi connectivity index (χ3v) is 4.33. The minimum absolute atomic E-state index is 0.0955. The monoisotopic (exact) mass is 287 g/mol. The fourth-order valence-electron chi connectivity index (χ4n) is 2.74. The molecule has 0 radical (unpaired) electrons. The van der Waals surface area contributed by atoms with Crippen molar-refractivity contribution < 1.29 is 5.11 Å². The van der Waals surface area contributed by atoms with E-state index in [9.17, 15) is 0 Å². The number of hydrogen-bond donors (Lipinski definition) is 2. The minimum atomic E-state index is 0.0955. The molecule has 0 spiro atoms. The van der Waals surface area contributed by atoms with Gasteiger partial charge in [0.2, 0.25) is 0 Å². The van der Waals surface area contributed by atoms with Crippen LogP contribution < -0.4 is 5.32 Å². The summed E-state index contributed by atoms with van der Waals surface area (Å²) in [7, 11) is 0. The summed E-state index contributed by atoms with van der Waals surface area (Å²) in [6.07, 6.45) is 2.23. The first-order chi connectivity index (χ1) is 9.76. The van der Waals surface area contributed by atoms with E-state index in [0.717, 1.165) is 29.1 Å². The van der Waals surface area contributed by atoms with Gasteiger partial charge in [0.25, 0.3) is 0 Å². The first-order valence-electron chi connectivity index (χ1n) is 6.97. The molecule has 2 aromatic carbocycles. The van der Waals surface area contributed by atoms with E-state index in [4.69, 9.17) is 16.7 Å². The third kappa shape index (κ3) is 2.82. The van der Waals surface area contributed by atoms with E-state index in [1.54, 1.807) is 0 Å². The van der Waals surface area contributed by atoms with Crippen LogP contribution in [0.1, 0.15) is 29.9 Å². The Morgan fingerprint density at radius 3 is 2.40 bits per heavy atom. The molecule has 2 N–H and O–H groups in total. The van der Waals surface area contributed by atoms with E-state index < -0.39 is 0 Å². The standard InChI is InChI=1S/C17H18ClNO/c18-17-4-2-1-3-16(17)13-9-15(10-13)19-14-7-5-12(11-20)6-8-14/h1-8,13,15,19-20H,9-11H2. The number of halogens is 1. The van der Waals surface area contributed by atoms with E-state index in [-0.39, 0.29) is 6.61 Å². The fourth-order valence-corrected chi connectivity index (χ4v) is 3.03. The molecule has 0 amide bonds. The molecular formula is C17H18ClNO. The van der Waals surface area contributed by atoms with Crippen molar-refractivity contribution >= 4 is 17.3 Å². The highest BCUT2D eigenvalue weighted by atomic mass is 35.5. The zero-order valence-corrected chi connectivity index (χ0v) is 12.0. The Balaban J connectivity index is 1.56. The Morgan fingerprint density at radius 1 is 1.05 bits per heavy atom. The average Bonchev–Trinajstić information content (AvgIpc) is 2.44. The number of aliphatic hydroxyl groups excluding tert-OH is 1. The Kier molecular flexibility index (Phi) is 3.95. The van der Waals surface area contributed by atoms with Crippen molar-refractivity contribution in [2.24, 2.45) is 0 Å². The van der Waals surface area contributed by atoms with Crippen LogP contribution in [-0.2, 0) is 6.61 Å². The van der Waals surface area contributed by atoms with Crippen LogP contribution in [0.5, 0.6) is 0 Å². The van der Waals surface area contributed by atoms with Gasteiger partial charge in [-0.3, -0.25) is 0 Å². The smallest absolute Gasteiger partial charge is 0.0681 e. The van der Waals surface area contributed by atoms with Crippen LogP contribution in [0.25, 0.3) is 0 Å². The second kappa shape index (κ2) is 5.86. The molecule has 0 bridgehead atoms. The molecule has 1 saturated carbocycles. The summed E-state index contributed by atoms with van der Waals surface area (Å²) in [5.74, 6) is 0.568. The first-order valence-corrected chi connectivity index (χ1v) is 7.35. The van der Waals surface area contributed by atoms with Crippen molar-refractivity contribution in [2.75, 3.05) is 5.32 Å². The van der Waals surface area contributed by atoms with Crippen LogP contribution in [0, 0.1) is 0 Å². The predicted octanol–water partition coefficient (Wildman–Crippen LogP) is 4.19. The Hall–Kier alpha value is -1.51. The van der Waals surface area contributed by atoms with Gasteiger partial charge in [0, 0.05) is 16.8 Å². The Bertz CT molecular complexity index is 576. The van der Waals surface area contributed by atoms with Gasteiger partial charge < -0.3 is 10.4 Å². The lowest BCUT2D eigenvalue weighted by Gasteiger charge is -2.37. The molecule has 1 aliphatic carbocycles. The third-order valence-electron chi connectivity index (χ3n) is 3.99. The summed E-state index contributed by atoms with van der Waals surface area (Å²) < 4.78 is 0. The van der Waals surface area contributed by atoms with Gasteiger partial charge in [0.1, 0.15) is 0 Å². The van der Waals surface area contributed by atoms with E-state index >= 15 is 0 Å². The van der Waals surface area contributed by atoms with Gasteiger partial charge in [-0.25, -0.2) is 0 Å². The van der Waals surface area contributed by atoms with Gasteiger partial charge in [-0.05, 0) is 48.1 Å². The fraction of sp³-hybridized carbons (Fsp3) is 0.294. The van der Waals surface area contributed by atoms with Crippen molar-refractivity contribution in [1.82, 2.24) is 0 Å². The Labute approximate surface area is 124 Å². The van der Waals surface area contributed by atoms with Crippen molar-refractivity contribution in [3.8, 4) is 0 Å². The van der Waals surface area contributed by atoms with Crippen LogP contribution in [0.15, 0.2) is 48.5 Å². The van der Waals surface area contributed by atoms with Crippen LogP contribution in [-0.4, -0.2) is 11.1 Å². The zero-order chi connectivity index (χ0) is 13.9. The lowest BCUT2D eigenvalue weighted by molar-refractivity contribution is 0.282. The molecule has 3 rings (SSSR count). The maximum atomic E-state index is 9.02. The minimum Gasteiger partial charge on any atom is -0.392 e. The van der Waals surface area contributed by atoms with Crippen LogP contribution in [0.4, 0.5) is 5.69 Å². The molecule has 0 atom stereocenters. The molecule has 0 saturated heterocycles. The molecule has 104 valence electrons. The molecule has 0 unspecified atom stereocenters. The van der Waals surface area contributed by atoms with Gasteiger partial charge in [0.15, 0.2) is 0 Å². The maximum Gasteiger partial charge on any atom is 0.0681 e. The highest BCUT2D eigenvalue weighted by Crippen LogP contribution is 2.41. The van der Waals surface area contributed by atoms with Gasteiger partial charge in [-0.15, -0.1) is 0 Å². The molecule has 0 aromatic heterocycles. The van der Waals surface area contributed by atoms with E-state index in [2.05, 4.69) is 17.4 Å². The Morgan fingerprint density at radius 2 is 1.75 bits per heavy atom. The number of hydrogen-bond acceptors (Lipinski definition) is 2. The van der Waals surface area contributed by atoms with Crippen molar-refractivity contribution in [3.05, 3.63) is 64.7 Å². The SMILES string of the molecule is OCc1ccc(NC2CC(c3ccccc3Cl)C2)cc1. The van der Waals surface area contributed by atoms with Gasteiger partial charge in [-0.1, -0.05) is 41.9 Å². The van der Waals surface area contributed by atoms with E-state index in [0.29, 0.717) is 12.0 Å². The largest absolute Gasteiger partial charge is 0.392 e. The van der Waals surface area contributed by atoms with Crippen molar-refractivity contribution in [2.45, 2.75) is 31.4 Å². The number of anilines is 1. The molecule has 20 heavy (non-hydrogen) atoms. The summed E-state index contributed by atoms with van der Waals surface area (Å²) in [5.41, 5.74) is 3.32. The summed E-state index contributed by atoms with van der Waals surface area (Å²) in [4.78, 5) is 0. The molecule has 1 fully saturated rings. The summed E-state index contributed by atoms with van der Waals surface area (Å²) in [6.45, 7) is 0.0955. The molecular weight excluding hydrogens is 270 g/mol. The van der Waals surface area contributed by atoms with E-state index in [1.807, 2.05) is 36.4 Å². The first kappa shape index (κ1) is 13.5. The topological polar surface area (TPSA) is 32.3 Å². The van der Waals surface area contributed by atoms with Gasteiger partial charge in [-0.2, -0.15) is 0 Å². The average molecular weight is 288 g/mol. The van der Waals surface area contributed by atoms with Crippen LogP contribution in [0.2, 0.25) is 5.02 Å². The number of aliphatic hydroxyl groups is 1. The van der Waals surface area contributed by atoms with Gasteiger partial charge >= 0.3 is 0 Å². The molecule has 0 aliphatic heterocycles.